The summed E-state index contributed by atoms with van der Waals surface area (Å²) in [6.07, 6.45) is 0. The third-order valence-electron chi connectivity index (χ3n) is 3.45. The number of nitrogens with zero attached hydrogens (tertiary/aromatic N) is 1. The molecule has 2 aromatic carbocycles. The summed E-state index contributed by atoms with van der Waals surface area (Å²) in [6.45, 7) is 1.99. The van der Waals surface area contributed by atoms with Gasteiger partial charge in [0.05, 0.1) is 10.5 Å². The molecule has 0 saturated heterocycles. The summed E-state index contributed by atoms with van der Waals surface area (Å²) < 4.78 is 29.5. The molecule has 24 heavy (non-hydrogen) atoms. The first kappa shape index (κ1) is 16.8. The number of primary sulfonamides is 1. The van der Waals surface area contributed by atoms with Crippen LogP contribution in [0.3, 0.4) is 0 Å². The van der Waals surface area contributed by atoms with Gasteiger partial charge in [-0.2, -0.15) is 0 Å². The van der Waals surface area contributed by atoms with Crippen LogP contribution in [-0.4, -0.2) is 19.3 Å². The monoisotopic (exact) mass is 360 g/mol. The lowest BCUT2D eigenvalue weighted by Crippen LogP contribution is -2.13. The van der Waals surface area contributed by atoms with E-state index in [9.17, 15) is 8.42 Å². The van der Waals surface area contributed by atoms with Crippen LogP contribution < -0.4 is 5.14 Å². The summed E-state index contributed by atoms with van der Waals surface area (Å²) in [5.74, 6) is 0.772. The largest absolute Gasteiger partial charge is 0.349 e. The van der Waals surface area contributed by atoms with E-state index in [0.717, 1.165) is 11.3 Å². The second-order valence-corrected chi connectivity index (χ2v) is 7.80. The van der Waals surface area contributed by atoms with Crippen LogP contribution >= 0.6 is 11.8 Å². The molecule has 7 heteroatoms. The van der Waals surface area contributed by atoms with Gasteiger partial charge in [-0.1, -0.05) is 72.4 Å². The molecule has 0 aliphatic heterocycles. The third-order valence-corrected chi connectivity index (χ3v) is 5.24. The summed E-state index contributed by atoms with van der Waals surface area (Å²) in [6, 6.07) is 16.1. The van der Waals surface area contributed by atoms with Crippen molar-refractivity contribution in [3.05, 3.63) is 54.6 Å². The van der Waals surface area contributed by atoms with Crippen molar-refractivity contribution in [2.75, 3.05) is 5.75 Å². The van der Waals surface area contributed by atoms with Crippen LogP contribution in [0, 0.1) is 0 Å². The maximum absolute atomic E-state index is 12.0. The lowest BCUT2D eigenvalue weighted by molar-refractivity contribution is 0.352. The number of nitrogens with two attached hydrogens (primary N) is 1. The molecular weight excluding hydrogens is 344 g/mol. The van der Waals surface area contributed by atoms with Gasteiger partial charge in [0.25, 0.3) is 0 Å². The number of rotatable bonds is 5. The van der Waals surface area contributed by atoms with Crippen LogP contribution in [0.5, 0.6) is 0 Å². The molecular formula is C17H16N2O3S2. The summed E-state index contributed by atoms with van der Waals surface area (Å²) >= 11 is 1.47. The smallest absolute Gasteiger partial charge is 0.238 e. The maximum atomic E-state index is 12.0. The topological polar surface area (TPSA) is 86.2 Å². The summed E-state index contributed by atoms with van der Waals surface area (Å²) in [4.78, 5) is 0.0586. The minimum absolute atomic E-state index is 0.0586. The van der Waals surface area contributed by atoms with Crippen molar-refractivity contribution in [1.29, 1.82) is 0 Å². The highest BCUT2D eigenvalue weighted by atomic mass is 32.2. The quantitative estimate of drug-likeness (QED) is 0.700. The summed E-state index contributed by atoms with van der Waals surface area (Å²) in [5.41, 5.74) is 2.60. The van der Waals surface area contributed by atoms with Crippen molar-refractivity contribution < 1.29 is 12.9 Å². The zero-order valence-electron chi connectivity index (χ0n) is 13.0. The second kappa shape index (κ2) is 6.80. The van der Waals surface area contributed by atoms with E-state index in [1.54, 1.807) is 18.2 Å². The van der Waals surface area contributed by atoms with E-state index >= 15 is 0 Å². The van der Waals surface area contributed by atoms with Gasteiger partial charge >= 0.3 is 0 Å². The molecule has 0 radical (unpaired) electrons. The maximum Gasteiger partial charge on any atom is 0.238 e. The van der Waals surface area contributed by atoms with Crippen LogP contribution in [0.15, 0.2) is 69.1 Å². The molecule has 0 atom stereocenters. The normalized spacial score (nSPS) is 11.6. The average Bonchev–Trinajstić information content (AvgIpc) is 2.99. The van der Waals surface area contributed by atoms with E-state index in [1.165, 1.54) is 17.8 Å². The highest BCUT2D eigenvalue weighted by molar-refractivity contribution is 7.99. The third kappa shape index (κ3) is 3.24. The van der Waals surface area contributed by atoms with Gasteiger partial charge in [-0.05, 0) is 11.8 Å². The minimum Gasteiger partial charge on any atom is -0.349 e. The molecule has 0 saturated carbocycles. The standard InChI is InChI=1S/C17H16N2O3S2/c1-2-23-17-15(13-10-6-7-11-14(13)24(18,20)21)16(19-22-17)12-8-4-3-5-9-12/h3-11H,2H2,1H3,(H2,18,20,21). The molecule has 0 aliphatic rings. The van der Waals surface area contributed by atoms with Crippen LogP contribution in [-0.2, 0) is 10.0 Å². The van der Waals surface area contributed by atoms with E-state index in [2.05, 4.69) is 5.16 Å². The first-order chi connectivity index (χ1) is 11.5. The molecule has 3 rings (SSSR count). The lowest BCUT2D eigenvalue weighted by atomic mass is 10.0. The molecule has 0 fully saturated rings. The van der Waals surface area contributed by atoms with Crippen LogP contribution in [0.4, 0.5) is 0 Å². The Morgan fingerprint density at radius 1 is 1.08 bits per heavy atom. The molecule has 1 heterocycles. The number of aromatic nitrogens is 1. The van der Waals surface area contributed by atoms with Gasteiger partial charge in [0.15, 0.2) is 0 Å². The van der Waals surface area contributed by atoms with Crippen LogP contribution in [0.1, 0.15) is 6.92 Å². The van der Waals surface area contributed by atoms with E-state index in [-0.39, 0.29) is 4.90 Å². The van der Waals surface area contributed by atoms with Crippen LogP contribution in [0.2, 0.25) is 0 Å². The Hall–Kier alpha value is -2.09. The van der Waals surface area contributed by atoms with E-state index in [4.69, 9.17) is 9.66 Å². The Balaban J connectivity index is 2.30. The fourth-order valence-electron chi connectivity index (χ4n) is 2.46. The Bertz CT molecular complexity index is 951. The van der Waals surface area contributed by atoms with Crippen molar-refractivity contribution in [3.8, 4) is 22.4 Å². The predicted octanol–water partition coefficient (Wildman–Crippen LogP) is 3.77. The minimum atomic E-state index is -3.87. The molecule has 3 aromatic rings. The summed E-state index contributed by atoms with van der Waals surface area (Å²) in [7, 11) is -3.87. The Morgan fingerprint density at radius 2 is 1.75 bits per heavy atom. The summed E-state index contributed by atoms with van der Waals surface area (Å²) in [5, 5.41) is 10.1. The van der Waals surface area contributed by atoms with E-state index in [0.29, 0.717) is 21.9 Å². The molecule has 0 unspecified atom stereocenters. The average molecular weight is 360 g/mol. The molecule has 0 bridgehead atoms. The molecule has 0 amide bonds. The molecule has 0 aliphatic carbocycles. The first-order valence-electron chi connectivity index (χ1n) is 7.32. The second-order valence-electron chi connectivity index (χ2n) is 5.03. The number of hydrogen-bond donors (Lipinski definition) is 1. The fourth-order valence-corrected chi connectivity index (χ4v) is 3.90. The van der Waals surface area contributed by atoms with Gasteiger partial charge in [-0.3, -0.25) is 0 Å². The zero-order valence-corrected chi connectivity index (χ0v) is 14.6. The van der Waals surface area contributed by atoms with E-state index < -0.39 is 10.0 Å². The predicted molar refractivity (Wildman–Crippen MR) is 95.1 cm³/mol. The van der Waals surface area contributed by atoms with Crippen molar-refractivity contribution in [2.24, 2.45) is 5.14 Å². The Morgan fingerprint density at radius 3 is 2.42 bits per heavy atom. The van der Waals surface area contributed by atoms with Crippen LogP contribution in [0.25, 0.3) is 22.4 Å². The van der Waals surface area contributed by atoms with Crippen molar-refractivity contribution in [3.63, 3.8) is 0 Å². The molecule has 1 aromatic heterocycles. The number of benzene rings is 2. The molecule has 124 valence electrons. The highest BCUT2D eigenvalue weighted by Gasteiger charge is 2.24. The van der Waals surface area contributed by atoms with Gasteiger partial charge in [-0.15, -0.1) is 0 Å². The molecule has 2 N–H and O–H groups in total. The van der Waals surface area contributed by atoms with Gasteiger partial charge < -0.3 is 4.52 Å². The highest BCUT2D eigenvalue weighted by Crippen LogP contribution is 2.41. The van der Waals surface area contributed by atoms with Crippen molar-refractivity contribution in [1.82, 2.24) is 5.16 Å². The lowest BCUT2D eigenvalue weighted by Gasteiger charge is -2.09. The number of thioether (sulfide) groups is 1. The first-order valence-corrected chi connectivity index (χ1v) is 9.85. The SMILES string of the molecule is CCSc1onc(-c2ccccc2)c1-c1ccccc1S(N)(=O)=O. The van der Waals surface area contributed by atoms with Crippen molar-refractivity contribution in [2.45, 2.75) is 16.9 Å². The number of hydrogen-bond acceptors (Lipinski definition) is 5. The van der Waals surface area contributed by atoms with Gasteiger partial charge in [0.2, 0.25) is 15.1 Å². The molecule has 0 spiro atoms. The van der Waals surface area contributed by atoms with Crippen molar-refractivity contribution >= 4 is 21.8 Å². The Kier molecular flexibility index (Phi) is 4.75. The zero-order chi connectivity index (χ0) is 17.2. The van der Waals surface area contributed by atoms with Gasteiger partial charge in [0, 0.05) is 11.1 Å². The molecule has 5 nitrogen and oxygen atoms in total. The van der Waals surface area contributed by atoms with Gasteiger partial charge in [-0.25, -0.2) is 13.6 Å². The number of sulfonamides is 1. The fraction of sp³-hybridized carbons (Fsp3) is 0.118. The van der Waals surface area contributed by atoms with E-state index in [1.807, 2.05) is 37.3 Å². The Labute approximate surface area is 144 Å². The van der Waals surface area contributed by atoms with Gasteiger partial charge in [0.1, 0.15) is 5.69 Å².